The lowest BCUT2D eigenvalue weighted by Gasteiger charge is -2.03. The molecule has 0 radical (unpaired) electrons. The number of nitrogens with zero attached hydrogens (tertiary/aromatic N) is 2. The number of ketones is 1. The minimum atomic E-state index is 0.00247. The number of hydrogen-bond donors (Lipinski definition) is 0. The highest BCUT2D eigenvalue weighted by Gasteiger charge is 2.17. The fourth-order valence-electron chi connectivity index (χ4n) is 1.74. The van der Waals surface area contributed by atoms with E-state index in [1.54, 1.807) is 18.2 Å². The average molecular weight is 315 g/mol. The van der Waals surface area contributed by atoms with Crippen LogP contribution in [0, 0.1) is 0 Å². The van der Waals surface area contributed by atoms with Crippen molar-refractivity contribution in [2.45, 2.75) is 26.2 Å². The average Bonchev–Trinajstić information content (AvgIpc) is 2.81. The zero-order chi connectivity index (χ0) is 13.8. The van der Waals surface area contributed by atoms with Crippen molar-refractivity contribution in [3.63, 3.8) is 0 Å². The third-order valence-corrected chi connectivity index (χ3v) is 4.06. The topological polar surface area (TPSA) is 42.9 Å². The molecule has 0 aliphatic carbocycles. The van der Waals surface area contributed by atoms with Crippen LogP contribution in [0.2, 0.25) is 10.0 Å². The summed E-state index contributed by atoms with van der Waals surface area (Å²) in [6, 6.07) is 5.15. The number of aryl methyl sites for hydroxylation is 1. The highest BCUT2D eigenvalue weighted by Crippen LogP contribution is 2.23. The molecule has 0 saturated carbocycles. The van der Waals surface area contributed by atoms with Gasteiger partial charge in [-0.3, -0.25) is 4.79 Å². The molecule has 0 bridgehead atoms. The van der Waals surface area contributed by atoms with Crippen molar-refractivity contribution in [2.75, 3.05) is 0 Å². The van der Waals surface area contributed by atoms with Gasteiger partial charge in [0.25, 0.3) is 0 Å². The molecule has 0 N–H and O–H groups in total. The number of halogens is 2. The zero-order valence-electron chi connectivity index (χ0n) is 10.3. The van der Waals surface area contributed by atoms with Crippen LogP contribution in [0.1, 0.15) is 34.3 Å². The summed E-state index contributed by atoms with van der Waals surface area (Å²) in [5.74, 6) is 0.00247. The summed E-state index contributed by atoms with van der Waals surface area (Å²) in [4.78, 5) is 12.9. The van der Waals surface area contributed by atoms with Crippen molar-refractivity contribution >= 4 is 40.5 Å². The van der Waals surface area contributed by atoms with Gasteiger partial charge in [-0.1, -0.05) is 47.1 Å². The van der Waals surface area contributed by atoms with E-state index in [4.69, 9.17) is 23.2 Å². The van der Waals surface area contributed by atoms with Crippen LogP contribution in [0.3, 0.4) is 0 Å². The maximum Gasteiger partial charge on any atom is 0.180 e. The summed E-state index contributed by atoms with van der Waals surface area (Å²) in [5.41, 5.74) is 1.55. The molecule has 2 rings (SSSR count). The Kier molecular flexibility index (Phi) is 4.91. The number of carbonyl (C=O) groups is 1. The Morgan fingerprint density at radius 1 is 1.37 bits per heavy atom. The molecule has 19 heavy (non-hydrogen) atoms. The second-order valence-corrected chi connectivity index (χ2v) is 5.73. The molecule has 0 unspecified atom stereocenters. The van der Waals surface area contributed by atoms with Crippen molar-refractivity contribution in [2.24, 2.45) is 0 Å². The van der Waals surface area contributed by atoms with Gasteiger partial charge >= 0.3 is 0 Å². The quantitative estimate of drug-likeness (QED) is 0.776. The van der Waals surface area contributed by atoms with Crippen molar-refractivity contribution in [3.8, 4) is 0 Å². The molecule has 100 valence electrons. The molecule has 0 atom stereocenters. The van der Waals surface area contributed by atoms with Gasteiger partial charge in [-0.05, 0) is 35.6 Å². The van der Waals surface area contributed by atoms with Gasteiger partial charge < -0.3 is 0 Å². The van der Waals surface area contributed by atoms with Crippen LogP contribution in [-0.4, -0.2) is 15.4 Å². The first-order chi connectivity index (χ1) is 9.11. The van der Waals surface area contributed by atoms with Gasteiger partial charge in [0.1, 0.15) is 4.88 Å². The maximum absolute atomic E-state index is 12.2. The van der Waals surface area contributed by atoms with Gasteiger partial charge in [-0.25, -0.2) is 0 Å². The van der Waals surface area contributed by atoms with Crippen molar-refractivity contribution in [3.05, 3.63) is 44.4 Å². The fourth-order valence-corrected chi connectivity index (χ4v) is 2.86. The normalized spacial score (nSPS) is 10.7. The number of carbonyl (C=O) groups excluding carboxylic acids is 1. The lowest BCUT2D eigenvalue weighted by molar-refractivity contribution is 0.0996. The van der Waals surface area contributed by atoms with Crippen LogP contribution in [-0.2, 0) is 12.8 Å². The standard InChI is InChI=1S/C13H12Cl2N2OS/c1-2-3-11-13(19-17-16-11)12(18)6-8-4-5-9(14)7-10(8)15/h4-5,7H,2-3,6H2,1H3. The summed E-state index contributed by atoms with van der Waals surface area (Å²) in [7, 11) is 0. The largest absolute Gasteiger partial charge is 0.293 e. The van der Waals surface area contributed by atoms with Crippen LogP contribution in [0.25, 0.3) is 0 Å². The number of benzene rings is 1. The summed E-state index contributed by atoms with van der Waals surface area (Å²) in [6.07, 6.45) is 1.95. The minimum Gasteiger partial charge on any atom is -0.293 e. The van der Waals surface area contributed by atoms with E-state index in [1.165, 1.54) is 0 Å². The number of rotatable bonds is 5. The Labute approximate surface area is 125 Å². The minimum absolute atomic E-state index is 0.00247. The van der Waals surface area contributed by atoms with E-state index >= 15 is 0 Å². The molecule has 0 spiro atoms. The Bertz CT molecular complexity index is 598. The molecule has 0 aliphatic rings. The third-order valence-electron chi connectivity index (χ3n) is 2.66. The van der Waals surface area contributed by atoms with Crippen LogP contribution in [0.15, 0.2) is 18.2 Å². The summed E-state index contributed by atoms with van der Waals surface area (Å²) < 4.78 is 3.86. The van der Waals surface area contributed by atoms with E-state index in [9.17, 15) is 4.79 Å². The first-order valence-electron chi connectivity index (χ1n) is 5.90. The third kappa shape index (κ3) is 3.53. The van der Waals surface area contributed by atoms with Gasteiger partial charge in [0.2, 0.25) is 0 Å². The van der Waals surface area contributed by atoms with Crippen LogP contribution in [0.5, 0.6) is 0 Å². The summed E-state index contributed by atoms with van der Waals surface area (Å²) in [5, 5.41) is 5.07. The van der Waals surface area contributed by atoms with Gasteiger partial charge in [-0.15, -0.1) is 5.10 Å². The van der Waals surface area contributed by atoms with E-state index in [0.29, 0.717) is 14.9 Å². The van der Waals surface area contributed by atoms with Crippen molar-refractivity contribution in [1.29, 1.82) is 0 Å². The number of hydrogen-bond acceptors (Lipinski definition) is 4. The van der Waals surface area contributed by atoms with E-state index in [0.717, 1.165) is 35.6 Å². The first-order valence-corrected chi connectivity index (χ1v) is 7.43. The SMILES string of the molecule is CCCc1nnsc1C(=O)Cc1ccc(Cl)cc1Cl. The van der Waals surface area contributed by atoms with Crippen molar-refractivity contribution < 1.29 is 4.79 Å². The second kappa shape index (κ2) is 6.46. The molecule has 3 nitrogen and oxygen atoms in total. The smallest absolute Gasteiger partial charge is 0.180 e. The van der Waals surface area contributed by atoms with Crippen molar-refractivity contribution in [1.82, 2.24) is 9.59 Å². The molecule has 6 heteroatoms. The van der Waals surface area contributed by atoms with E-state index in [-0.39, 0.29) is 12.2 Å². The number of aromatic nitrogens is 2. The van der Waals surface area contributed by atoms with Gasteiger partial charge in [0, 0.05) is 16.5 Å². The molecule has 0 saturated heterocycles. The predicted molar refractivity (Wildman–Crippen MR) is 78.4 cm³/mol. The first kappa shape index (κ1) is 14.4. The molecule has 0 aliphatic heterocycles. The maximum atomic E-state index is 12.2. The van der Waals surface area contributed by atoms with Crippen LogP contribution in [0.4, 0.5) is 0 Å². The summed E-state index contributed by atoms with van der Waals surface area (Å²) >= 11 is 13.0. The van der Waals surface area contributed by atoms with Crippen LogP contribution < -0.4 is 0 Å². The Morgan fingerprint density at radius 2 is 2.16 bits per heavy atom. The highest BCUT2D eigenvalue weighted by molar-refractivity contribution is 7.08. The summed E-state index contributed by atoms with van der Waals surface area (Å²) in [6.45, 7) is 2.05. The van der Waals surface area contributed by atoms with E-state index in [2.05, 4.69) is 9.59 Å². The Morgan fingerprint density at radius 3 is 2.84 bits per heavy atom. The number of Topliss-reactive ketones (excluding diaryl/α,β-unsaturated/α-hetero) is 1. The Hall–Kier alpha value is -0.970. The zero-order valence-corrected chi connectivity index (χ0v) is 12.6. The molecule has 1 aromatic heterocycles. The van der Waals surface area contributed by atoms with E-state index < -0.39 is 0 Å². The fraction of sp³-hybridized carbons (Fsp3) is 0.308. The molecule has 1 heterocycles. The molecular formula is C13H12Cl2N2OS. The Balaban J connectivity index is 2.18. The van der Waals surface area contributed by atoms with Gasteiger partial charge in [-0.2, -0.15) is 0 Å². The lowest BCUT2D eigenvalue weighted by atomic mass is 10.1. The molecular weight excluding hydrogens is 303 g/mol. The highest BCUT2D eigenvalue weighted by atomic mass is 35.5. The monoisotopic (exact) mass is 314 g/mol. The molecule has 1 aromatic carbocycles. The molecule has 2 aromatic rings. The lowest BCUT2D eigenvalue weighted by Crippen LogP contribution is -2.05. The predicted octanol–water partition coefficient (Wildman–Crippen LogP) is 4.22. The van der Waals surface area contributed by atoms with E-state index in [1.807, 2.05) is 6.92 Å². The molecule has 0 amide bonds. The van der Waals surface area contributed by atoms with Crippen LogP contribution >= 0.6 is 34.7 Å². The second-order valence-electron chi connectivity index (χ2n) is 4.13. The van der Waals surface area contributed by atoms with Gasteiger partial charge in [0.05, 0.1) is 5.69 Å². The molecule has 0 fully saturated rings. The van der Waals surface area contributed by atoms with Gasteiger partial charge in [0.15, 0.2) is 5.78 Å².